The molecule has 18 heavy (non-hydrogen) atoms. The van der Waals surface area contributed by atoms with Crippen molar-refractivity contribution in [3.05, 3.63) is 24.3 Å². The molecular formula is C12H16N2O3S. The lowest BCUT2D eigenvalue weighted by Crippen LogP contribution is -2.40. The predicted octanol–water partition coefficient (Wildman–Crippen LogP) is 1.63. The van der Waals surface area contributed by atoms with Crippen LogP contribution in [-0.4, -0.2) is 31.3 Å². The number of methoxy groups -OCH3 is 1. The Kier molecular flexibility index (Phi) is 6.07. The third kappa shape index (κ3) is 5.09. The van der Waals surface area contributed by atoms with E-state index in [0.717, 1.165) is 10.6 Å². The number of ether oxygens (including phenoxy) is 1. The largest absolute Gasteiger partial charge is 0.497 e. The average Bonchev–Trinajstić information content (AvgIpc) is 2.37. The van der Waals surface area contributed by atoms with Crippen molar-refractivity contribution in [2.75, 3.05) is 19.4 Å². The highest BCUT2D eigenvalue weighted by molar-refractivity contribution is 8.00. The Labute approximate surface area is 110 Å². The fraction of sp³-hybridized carbons (Fsp3) is 0.333. The first-order chi connectivity index (χ1) is 8.65. The van der Waals surface area contributed by atoms with Gasteiger partial charge in [0.15, 0.2) is 0 Å². The number of amides is 3. The first-order valence-corrected chi connectivity index (χ1v) is 6.48. The van der Waals surface area contributed by atoms with Gasteiger partial charge in [0.05, 0.1) is 12.9 Å². The number of benzene rings is 1. The lowest BCUT2D eigenvalue weighted by molar-refractivity contribution is -0.117. The number of hydrogen-bond acceptors (Lipinski definition) is 4. The van der Waals surface area contributed by atoms with Crippen LogP contribution in [0.2, 0.25) is 0 Å². The summed E-state index contributed by atoms with van der Waals surface area (Å²) in [6.07, 6.45) is 0. The van der Waals surface area contributed by atoms with E-state index in [2.05, 4.69) is 10.6 Å². The van der Waals surface area contributed by atoms with Crippen molar-refractivity contribution in [3.8, 4) is 5.75 Å². The van der Waals surface area contributed by atoms with Crippen molar-refractivity contribution in [2.45, 2.75) is 11.8 Å². The van der Waals surface area contributed by atoms with Gasteiger partial charge in [0.2, 0.25) is 5.91 Å². The van der Waals surface area contributed by atoms with Gasteiger partial charge in [0.25, 0.3) is 0 Å². The predicted molar refractivity (Wildman–Crippen MR) is 70.9 cm³/mol. The normalized spacial score (nSPS) is 9.67. The molecule has 1 aromatic rings. The smallest absolute Gasteiger partial charge is 0.321 e. The van der Waals surface area contributed by atoms with Crippen molar-refractivity contribution in [1.29, 1.82) is 0 Å². The Morgan fingerprint density at radius 3 is 2.50 bits per heavy atom. The molecule has 0 aliphatic rings. The fourth-order valence-corrected chi connectivity index (χ4v) is 1.89. The van der Waals surface area contributed by atoms with Crippen molar-refractivity contribution in [1.82, 2.24) is 10.6 Å². The third-order valence-corrected chi connectivity index (χ3v) is 3.03. The molecule has 0 fully saturated rings. The zero-order valence-corrected chi connectivity index (χ0v) is 11.2. The van der Waals surface area contributed by atoms with Crippen molar-refractivity contribution < 1.29 is 14.3 Å². The number of carbonyl (C=O) groups is 2. The number of imide groups is 1. The van der Waals surface area contributed by atoms with Gasteiger partial charge >= 0.3 is 6.03 Å². The van der Waals surface area contributed by atoms with Crippen LogP contribution in [0.1, 0.15) is 6.92 Å². The van der Waals surface area contributed by atoms with E-state index in [0.29, 0.717) is 6.54 Å². The van der Waals surface area contributed by atoms with Crippen molar-refractivity contribution in [3.63, 3.8) is 0 Å². The van der Waals surface area contributed by atoms with Gasteiger partial charge in [-0.25, -0.2) is 4.79 Å². The number of carbonyl (C=O) groups excluding carboxylic acids is 2. The van der Waals surface area contributed by atoms with Crippen LogP contribution in [0.5, 0.6) is 5.75 Å². The second-order valence-corrected chi connectivity index (χ2v) is 4.42. The molecule has 0 saturated carbocycles. The van der Waals surface area contributed by atoms with Crippen LogP contribution in [0.15, 0.2) is 29.2 Å². The summed E-state index contributed by atoms with van der Waals surface area (Å²) < 4.78 is 5.03. The Balaban J connectivity index is 2.35. The number of urea groups is 1. The second-order valence-electron chi connectivity index (χ2n) is 3.37. The minimum absolute atomic E-state index is 0.198. The second kappa shape index (κ2) is 7.60. The molecule has 0 radical (unpaired) electrons. The van der Waals surface area contributed by atoms with E-state index < -0.39 is 6.03 Å². The monoisotopic (exact) mass is 268 g/mol. The van der Waals surface area contributed by atoms with E-state index in [1.807, 2.05) is 24.3 Å². The lowest BCUT2D eigenvalue weighted by atomic mass is 10.3. The molecule has 0 saturated heterocycles. The van der Waals surface area contributed by atoms with Gasteiger partial charge in [0.1, 0.15) is 5.75 Å². The van der Waals surface area contributed by atoms with Crippen LogP contribution in [-0.2, 0) is 4.79 Å². The molecule has 0 spiro atoms. The summed E-state index contributed by atoms with van der Waals surface area (Å²) in [5.41, 5.74) is 0. The minimum atomic E-state index is -0.460. The Morgan fingerprint density at radius 1 is 1.28 bits per heavy atom. The first kappa shape index (κ1) is 14.4. The molecule has 1 rings (SSSR count). The van der Waals surface area contributed by atoms with E-state index in [4.69, 9.17) is 4.74 Å². The number of rotatable bonds is 5. The molecule has 0 aliphatic carbocycles. The Hall–Kier alpha value is -1.69. The maximum absolute atomic E-state index is 11.4. The molecular weight excluding hydrogens is 252 g/mol. The summed E-state index contributed by atoms with van der Waals surface area (Å²) in [6, 6.07) is 6.91. The molecule has 6 heteroatoms. The number of thioether (sulfide) groups is 1. The molecule has 2 N–H and O–H groups in total. The number of nitrogens with one attached hydrogen (secondary N) is 2. The van der Waals surface area contributed by atoms with Crippen LogP contribution in [0.4, 0.5) is 4.79 Å². The van der Waals surface area contributed by atoms with E-state index >= 15 is 0 Å². The molecule has 0 atom stereocenters. The van der Waals surface area contributed by atoms with E-state index in [-0.39, 0.29) is 11.7 Å². The number of hydrogen-bond donors (Lipinski definition) is 2. The van der Waals surface area contributed by atoms with Crippen LogP contribution in [0.25, 0.3) is 0 Å². The summed E-state index contributed by atoms with van der Waals surface area (Å²) in [4.78, 5) is 23.4. The summed E-state index contributed by atoms with van der Waals surface area (Å²) >= 11 is 1.36. The van der Waals surface area contributed by atoms with Gasteiger partial charge in [-0.15, -0.1) is 11.8 Å². The van der Waals surface area contributed by atoms with Gasteiger partial charge in [-0.3, -0.25) is 10.1 Å². The van der Waals surface area contributed by atoms with Crippen LogP contribution in [0.3, 0.4) is 0 Å². The maximum Gasteiger partial charge on any atom is 0.321 e. The molecule has 0 heterocycles. The molecule has 5 nitrogen and oxygen atoms in total. The van der Waals surface area contributed by atoms with Gasteiger partial charge in [-0.1, -0.05) is 0 Å². The van der Waals surface area contributed by atoms with Crippen LogP contribution >= 0.6 is 11.8 Å². The topological polar surface area (TPSA) is 67.4 Å². The summed E-state index contributed by atoms with van der Waals surface area (Å²) in [5.74, 6) is 0.650. The molecule has 0 aliphatic heterocycles. The zero-order valence-electron chi connectivity index (χ0n) is 10.4. The lowest BCUT2D eigenvalue weighted by Gasteiger charge is -2.05. The molecule has 1 aromatic carbocycles. The molecule has 98 valence electrons. The van der Waals surface area contributed by atoms with Gasteiger partial charge < -0.3 is 10.1 Å². The van der Waals surface area contributed by atoms with Crippen LogP contribution in [0, 0.1) is 0 Å². The highest BCUT2D eigenvalue weighted by Crippen LogP contribution is 2.20. The third-order valence-electron chi connectivity index (χ3n) is 2.02. The Bertz CT molecular complexity index is 406. The molecule has 3 amide bonds. The van der Waals surface area contributed by atoms with E-state index in [9.17, 15) is 9.59 Å². The summed E-state index contributed by atoms with van der Waals surface area (Å²) in [7, 11) is 1.60. The summed E-state index contributed by atoms with van der Waals surface area (Å²) in [6.45, 7) is 2.28. The summed E-state index contributed by atoms with van der Waals surface area (Å²) in [5, 5.41) is 4.73. The SMILES string of the molecule is CCNC(=O)NC(=O)CSc1ccc(OC)cc1. The van der Waals surface area contributed by atoms with Gasteiger partial charge in [0, 0.05) is 11.4 Å². The maximum atomic E-state index is 11.4. The van der Waals surface area contributed by atoms with Gasteiger partial charge in [-0.05, 0) is 31.2 Å². The average molecular weight is 268 g/mol. The first-order valence-electron chi connectivity index (χ1n) is 5.50. The fourth-order valence-electron chi connectivity index (χ4n) is 1.19. The Morgan fingerprint density at radius 2 is 1.94 bits per heavy atom. The molecule has 0 unspecified atom stereocenters. The van der Waals surface area contributed by atoms with Crippen molar-refractivity contribution >= 4 is 23.7 Å². The minimum Gasteiger partial charge on any atom is -0.497 e. The quantitative estimate of drug-likeness (QED) is 0.797. The van der Waals surface area contributed by atoms with E-state index in [1.165, 1.54) is 11.8 Å². The van der Waals surface area contributed by atoms with E-state index in [1.54, 1.807) is 14.0 Å². The molecule has 0 bridgehead atoms. The highest BCUT2D eigenvalue weighted by atomic mass is 32.2. The van der Waals surface area contributed by atoms with Gasteiger partial charge in [-0.2, -0.15) is 0 Å². The van der Waals surface area contributed by atoms with Crippen molar-refractivity contribution in [2.24, 2.45) is 0 Å². The van der Waals surface area contributed by atoms with Crippen LogP contribution < -0.4 is 15.4 Å². The highest BCUT2D eigenvalue weighted by Gasteiger charge is 2.06. The zero-order chi connectivity index (χ0) is 13.4. The standard InChI is InChI=1S/C12H16N2O3S/c1-3-13-12(16)14-11(15)8-18-10-6-4-9(17-2)5-7-10/h4-7H,3,8H2,1-2H3,(H2,13,14,15,16). The molecule has 0 aromatic heterocycles.